The lowest BCUT2D eigenvalue weighted by Crippen LogP contribution is -2.10. The van der Waals surface area contributed by atoms with E-state index in [1.54, 1.807) is 0 Å². The first-order chi connectivity index (χ1) is 5.77. The average molecular weight is 288 g/mol. The third kappa shape index (κ3) is 10.6. The minimum absolute atomic E-state index is 0.262. The first-order valence-corrected chi connectivity index (χ1v) is 5.43. The Morgan fingerprint density at radius 2 is 1.67 bits per heavy atom. The van der Waals surface area contributed by atoms with Gasteiger partial charge in [-0.3, -0.25) is 0 Å². The molecule has 0 amide bonds. The summed E-state index contributed by atoms with van der Waals surface area (Å²) in [6.07, 6.45) is 0. The zero-order chi connectivity index (χ0) is 9.23. The highest BCUT2D eigenvalue weighted by atomic mass is 127. The van der Waals surface area contributed by atoms with Crippen molar-refractivity contribution in [2.75, 3.05) is 33.0 Å². The van der Waals surface area contributed by atoms with Gasteiger partial charge in [0.25, 0.3) is 0 Å². The van der Waals surface area contributed by atoms with E-state index in [1.165, 1.54) is 0 Å². The molecule has 0 spiro atoms. The molecule has 0 rings (SSSR count). The molecule has 3 nitrogen and oxygen atoms in total. The van der Waals surface area contributed by atoms with Crippen LogP contribution in [-0.2, 0) is 14.2 Å². The summed E-state index contributed by atoms with van der Waals surface area (Å²) in [4.78, 5) is 0. The Bertz CT molecular complexity index is 88.4. The molecule has 0 heterocycles. The van der Waals surface area contributed by atoms with Crippen LogP contribution in [-0.4, -0.2) is 37.1 Å². The second-order valence-electron chi connectivity index (χ2n) is 2.22. The molecule has 0 fully saturated rings. The molecule has 0 bridgehead atoms. The largest absolute Gasteiger partial charge is 0.379 e. The highest BCUT2D eigenvalue weighted by Crippen LogP contribution is 1.98. The van der Waals surface area contributed by atoms with Crippen LogP contribution in [0.1, 0.15) is 13.8 Å². The predicted octanol–water partition coefficient (Wildman–Crippen LogP) is 1.84. The van der Waals surface area contributed by atoms with Crippen LogP contribution in [0.15, 0.2) is 0 Å². The highest BCUT2D eigenvalue weighted by molar-refractivity contribution is 14.1. The van der Waals surface area contributed by atoms with E-state index < -0.39 is 0 Å². The monoisotopic (exact) mass is 288 g/mol. The van der Waals surface area contributed by atoms with Crippen molar-refractivity contribution in [3.8, 4) is 0 Å². The quantitative estimate of drug-likeness (QED) is 0.387. The van der Waals surface area contributed by atoms with Crippen molar-refractivity contribution in [2.24, 2.45) is 0 Å². The number of hydrogen-bond acceptors (Lipinski definition) is 3. The minimum atomic E-state index is 0.262. The van der Waals surface area contributed by atoms with Gasteiger partial charge in [0.2, 0.25) is 0 Å². The van der Waals surface area contributed by atoms with Crippen LogP contribution in [0.5, 0.6) is 0 Å². The maximum absolute atomic E-state index is 5.27. The summed E-state index contributed by atoms with van der Waals surface area (Å²) in [6, 6.07) is 0. The molecule has 12 heavy (non-hydrogen) atoms. The Kier molecular flexibility index (Phi) is 10.2. The van der Waals surface area contributed by atoms with Gasteiger partial charge < -0.3 is 14.2 Å². The van der Waals surface area contributed by atoms with Crippen LogP contribution in [0.25, 0.3) is 0 Å². The molecule has 1 unspecified atom stereocenters. The van der Waals surface area contributed by atoms with Crippen LogP contribution in [0.3, 0.4) is 0 Å². The molecular weight excluding hydrogens is 271 g/mol. The van der Waals surface area contributed by atoms with Gasteiger partial charge in [-0.1, -0.05) is 22.6 Å². The van der Waals surface area contributed by atoms with Crippen molar-refractivity contribution in [3.05, 3.63) is 0 Å². The van der Waals surface area contributed by atoms with Crippen molar-refractivity contribution in [2.45, 2.75) is 18.0 Å². The summed E-state index contributed by atoms with van der Waals surface area (Å²) in [6.45, 7) is 7.38. The SMILES string of the molecule is CCOCCOCCOC(C)I. The van der Waals surface area contributed by atoms with Gasteiger partial charge in [-0.15, -0.1) is 0 Å². The summed E-state index contributed by atoms with van der Waals surface area (Å²) in [7, 11) is 0. The highest BCUT2D eigenvalue weighted by Gasteiger charge is 1.93. The van der Waals surface area contributed by atoms with Crippen molar-refractivity contribution < 1.29 is 14.2 Å². The Labute approximate surface area is 87.9 Å². The average Bonchev–Trinajstić information content (AvgIpc) is 2.02. The molecule has 0 aromatic carbocycles. The van der Waals surface area contributed by atoms with Gasteiger partial charge in [-0.05, 0) is 13.8 Å². The van der Waals surface area contributed by atoms with Gasteiger partial charge >= 0.3 is 0 Å². The summed E-state index contributed by atoms with van der Waals surface area (Å²) in [5, 5.41) is 0. The van der Waals surface area contributed by atoms with E-state index in [9.17, 15) is 0 Å². The second kappa shape index (κ2) is 9.70. The number of hydrogen-bond donors (Lipinski definition) is 0. The van der Waals surface area contributed by atoms with Gasteiger partial charge in [0.15, 0.2) is 0 Å². The standard InChI is InChI=1S/C8H17IO3/c1-3-10-4-5-11-6-7-12-8(2)9/h8H,3-7H2,1-2H3. The van der Waals surface area contributed by atoms with E-state index in [2.05, 4.69) is 22.6 Å². The fourth-order valence-electron chi connectivity index (χ4n) is 0.634. The van der Waals surface area contributed by atoms with Crippen LogP contribution in [0.2, 0.25) is 0 Å². The van der Waals surface area contributed by atoms with Crippen molar-refractivity contribution >= 4 is 22.6 Å². The minimum Gasteiger partial charge on any atom is -0.379 e. The van der Waals surface area contributed by atoms with Crippen molar-refractivity contribution in [1.82, 2.24) is 0 Å². The van der Waals surface area contributed by atoms with Gasteiger partial charge in [0, 0.05) is 6.61 Å². The summed E-state index contributed by atoms with van der Waals surface area (Å²) in [5.41, 5.74) is 0. The molecular formula is C8H17IO3. The molecule has 0 N–H and O–H groups in total. The number of halogens is 1. The third-order valence-electron chi connectivity index (χ3n) is 1.15. The first-order valence-electron chi connectivity index (χ1n) is 4.18. The van der Waals surface area contributed by atoms with Crippen LogP contribution in [0.4, 0.5) is 0 Å². The molecule has 0 saturated heterocycles. The smallest absolute Gasteiger partial charge is 0.106 e. The molecule has 0 aromatic heterocycles. The Balaban J connectivity index is 2.82. The molecule has 0 aromatic rings. The van der Waals surface area contributed by atoms with E-state index in [0.29, 0.717) is 26.4 Å². The third-order valence-corrected chi connectivity index (χ3v) is 1.51. The van der Waals surface area contributed by atoms with Gasteiger partial charge in [-0.2, -0.15) is 0 Å². The maximum Gasteiger partial charge on any atom is 0.106 e. The normalized spacial score (nSPS) is 13.2. The molecule has 0 radical (unpaired) electrons. The zero-order valence-corrected chi connectivity index (χ0v) is 9.87. The summed E-state index contributed by atoms with van der Waals surface area (Å²) in [5.74, 6) is 0. The second-order valence-corrected chi connectivity index (χ2v) is 3.98. The van der Waals surface area contributed by atoms with Gasteiger partial charge in [0.05, 0.1) is 26.4 Å². The first kappa shape index (κ1) is 12.6. The fourth-order valence-corrected chi connectivity index (χ4v) is 0.888. The molecule has 0 aliphatic heterocycles. The Hall–Kier alpha value is 0.610. The number of alkyl halides is 1. The fraction of sp³-hybridized carbons (Fsp3) is 1.00. The Morgan fingerprint density at radius 1 is 1.08 bits per heavy atom. The predicted molar refractivity (Wildman–Crippen MR) is 56.7 cm³/mol. The molecule has 0 saturated carbocycles. The zero-order valence-electron chi connectivity index (χ0n) is 7.72. The van der Waals surface area contributed by atoms with E-state index in [1.807, 2.05) is 13.8 Å². The van der Waals surface area contributed by atoms with E-state index in [-0.39, 0.29) is 4.11 Å². The van der Waals surface area contributed by atoms with Gasteiger partial charge in [-0.25, -0.2) is 0 Å². The number of rotatable bonds is 8. The topological polar surface area (TPSA) is 27.7 Å². The van der Waals surface area contributed by atoms with Crippen LogP contribution < -0.4 is 0 Å². The molecule has 4 heteroatoms. The molecule has 0 aliphatic carbocycles. The van der Waals surface area contributed by atoms with E-state index in [4.69, 9.17) is 14.2 Å². The maximum atomic E-state index is 5.27. The summed E-state index contributed by atoms with van der Waals surface area (Å²) >= 11 is 2.21. The van der Waals surface area contributed by atoms with E-state index in [0.717, 1.165) is 6.61 Å². The molecule has 1 atom stereocenters. The number of ether oxygens (including phenoxy) is 3. The lowest BCUT2D eigenvalue weighted by molar-refractivity contribution is 0.0165. The molecule has 74 valence electrons. The Morgan fingerprint density at radius 3 is 2.25 bits per heavy atom. The van der Waals surface area contributed by atoms with E-state index >= 15 is 0 Å². The lowest BCUT2D eigenvalue weighted by atomic mass is 10.7. The lowest BCUT2D eigenvalue weighted by Gasteiger charge is -2.06. The van der Waals surface area contributed by atoms with Crippen LogP contribution in [0, 0.1) is 0 Å². The summed E-state index contributed by atoms with van der Waals surface area (Å²) < 4.78 is 15.9. The van der Waals surface area contributed by atoms with Crippen molar-refractivity contribution in [3.63, 3.8) is 0 Å². The van der Waals surface area contributed by atoms with Crippen molar-refractivity contribution in [1.29, 1.82) is 0 Å². The molecule has 0 aliphatic rings. The van der Waals surface area contributed by atoms with Crippen LogP contribution >= 0.6 is 22.6 Å². The van der Waals surface area contributed by atoms with Gasteiger partial charge in [0.1, 0.15) is 4.11 Å².